The predicted molar refractivity (Wildman–Crippen MR) is 119 cm³/mol. The molecule has 8 nitrogen and oxygen atoms in total. The number of aryl methyl sites for hydroxylation is 1. The molecule has 0 spiro atoms. The Morgan fingerprint density at radius 3 is 2.57 bits per heavy atom. The van der Waals surface area contributed by atoms with Gasteiger partial charge in [0.2, 0.25) is 5.95 Å². The number of sulfone groups is 1. The molecule has 0 bridgehead atoms. The van der Waals surface area contributed by atoms with Gasteiger partial charge in [0, 0.05) is 38.7 Å². The van der Waals surface area contributed by atoms with Crippen molar-refractivity contribution in [3.63, 3.8) is 0 Å². The maximum Gasteiger partial charge on any atom is 0.227 e. The van der Waals surface area contributed by atoms with Crippen LogP contribution in [0.5, 0.6) is 0 Å². The monoisotopic (exact) mass is 430 g/mol. The Bertz CT molecular complexity index is 1100. The Kier molecular flexibility index (Phi) is 6.60. The molecule has 0 saturated heterocycles. The first kappa shape index (κ1) is 22.0. The summed E-state index contributed by atoms with van der Waals surface area (Å²) in [4.78, 5) is 2.12. The number of nitrogens with zero attached hydrogens (tertiary/aromatic N) is 6. The van der Waals surface area contributed by atoms with Crippen LogP contribution in [0.4, 0.5) is 5.95 Å². The number of benzene rings is 1. The predicted octanol–water partition coefficient (Wildman–Crippen LogP) is 2.75. The number of rotatable bonds is 9. The van der Waals surface area contributed by atoms with Crippen LogP contribution in [0.25, 0.3) is 11.4 Å². The van der Waals surface area contributed by atoms with Gasteiger partial charge in [-0.25, -0.2) is 8.42 Å². The highest BCUT2D eigenvalue weighted by molar-refractivity contribution is 7.89. The lowest BCUT2D eigenvalue weighted by Gasteiger charge is -2.21. The van der Waals surface area contributed by atoms with Gasteiger partial charge in [0.25, 0.3) is 0 Å². The first-order valence-electron chi connectivity index (χ1n) is 10.0. The van der Waals surface area contributed by atoms with Crippen molar-refractivity contribution in [1.82, 2.24) is 24.5 Å². The molecule has 0 aliphatic rings. The molecule has 1 aromatic carbocycles. The summed E-state index contributed by atoms with van der Waals surface area (Å²) < 4.78 is 27.4. The van der Waals surface area contributed by atoms with Crippen molar-refractivity contribution < 1.29 is 8.42 Å². The third-order valence-corrected chi connectivity index (χ3v) is 5.83. The summed E-state index contributed by atoms with van der Waals surface area (Å²) in [5.74, 6) is 2.07. The fraction of sp³-hybridized carbons (Fsp3) is 0.476. The summed E-state index contributed by atoms with van der Waals surface area (Å²) >= 11 is 0. The highest BCUT2D eigenvalue weighted by Gasteiger charge is 2.19. The van der Waals surface area contributed by atoms with E-state index in [0.717, 1.165) is 35.7 Å². The Labute approximate surface area is 178 Å². The topological polar surface area (TPSA) is 85.9 Å². The highest BCUT2D eigenvalue weighted by Crippen LogP contribution is 2.25. The molecule has 0 amide bonds. The third-order valence-electron chi connectivity index (χ3n) is 4.97. The van der Waals surface area contributed by atoms with E-state index in [2.05, 4.69) is 38.6 Å². The Hall–Kier alpha value is -2.68. The molecule has 3 rings (SSSR count). The highest BCUT2D eigenvalue weighted by atomic mass is 32.2. The quantitative estimate of drug-likeness (QED) is 0.519. The second-order valence-electron chi connectivity index (χ2n) is 8.23. The van der Waals surface area contributed by atoms with Gasteiger partial charge in [-0.15, -0.1) is 10.2 Å². The van der Waals surface area contributed by atoms with Crippen LogP contribution in [-0.4, -0.2) is 52.8 Å². The summed E-state index contributed by atoms with van der Waals surface area (Å²) in [5.41, 5.74) is 2.61. The van der Waals surface area contributed by atoms with Crippen molar-refractivity contribution in [1.29, 1.82) is 0 Å². The number of hydrogen-bond donors (Lipinski definition) is 0. The second-order valence-corrected chi connectivity index (χ2v) is 10.4. The van der Waals surface area contributed by atoms with Crippen LogP contribution in [-0.2, 0) is 29.2 Å². The number of aromatic nitrogens is 5. The zero-order valence-electron chi connectivity index (χ0n) is 18.3. The van der Waals surface area contributed by atoms with E-state index in [1.807, 2.05) is 49.1 Å². The van der Waals surface area contributed by atoms with E-state index >= 15 is 0 Å². The van der Waals surface area contributed by atoms with E-state index in [9.17, 15) is 8.42 Å². The molecule has 30 heavy (non-hydrogen) atoms. The van der Waals surface area contributed by atoms with Gasteiger partial charge < -0.3 is 4.90 Å². The van der Waals surface area contributed by atoms with Crippen LogP contribution in [0.2, 0.25) is 0 Å². The van der Waals surface area contributed by atoms with Crippen LogP contribution in [0, 0.1) is 5.92 Å². The lowest BCUT2D eigenvalue weighted by Crippen LogP contribution is -2.24. The van der Waals surface area contributed by atoms with Gasteiger partial charge in [-0.2, -0.15) is 5.10 Å². The zero-order valence-corrected chi connectivity index (χ0v) is 19.1. The standard InChI is InChI=1S/C21H30N6O2S/c1-16(2)10-12-25(3)21-24-23-20(27(21)14-19-9-11-22-26(19)4)18-8-6-7-17(13-18)15-30(5,28)29/h6-9,11,13,16H,10,12,14-15H2,1-5H3. The van der Waals surface area contributed by atoms with E-state index in [-0.39, 0.29) is 5.75 Å². The van der Waals surface area contributed by atoms with Crippen molar-refractivity contribution in [2.24, 2.45) is 13.0 Å². The van der Waals surface area contributed by atoms with Crippen molar-refractivity contribution in [3.05, 3.63) is 47.8 Å². The minimum atomic E-state index is -3.12. The third kappa shape index (κ3) is 5.47. The molecular weight excluding hydrogens is 400 g/mol. The SMILES string of the molecule is CC(C)CCN(C)c1nnc(-c2cccc(CS(C)(=O)=O)c2)n1Cc1ccnn1C. The van der Waals surface area contributed by atoms with Crippen LogP contribution < -0.4 is 4.90 Å². The molecule has 0 atom stereocenters. The summed E-state index contributed by atoms with van der Waals surface area (Å²) in [5, 5.41) is 13.2. The molecule has 0 aliphatic heterocycles. The Morgan fingerprint density at radius 1 is 1.17 bits per heavy atom. The maximum atomic E-state index is 11.7. The van der Waals surface area contributed by atoms with E-state index in [0.29, 0.717) is 18.3 Å². The molecule has 0 fully saturated rings. The number of hydrogen-bond acceptors (Lipinski definition) is 6. The molecule has 3 aromatic rings. The lowest BCUT2D eigenvalue weighted by molar-refractivity contribution is 0.575. The van der Waals surface area contributed by atoms with E-state index in [1.54, 1.807) is 6.20 Å². The summed E-state index contributed by atoms with van der Waals surface area (Å²) in [6.45, 7) is 5.84. The van der Waals surface area contributed by atoms with Crippen LogP contribution in [0.15, 0.2) is 36.5 Å². The van der Waals surface area contributed by atoms with Crippen LogP contribution >= 0.6 is 0 Å². The van der Waals surface area contributed by atoms with Gasteiger partial charge in [0.05, 0.1) is 18.0 Å². The summed E-state index contributed by atoms with van der Waals surface area (Å²) in [6.07, 6.45) is 4.06. The van der Waals surface area contributed by atoms with Crippen molar-refractivity contribution in [3.8, 4) is 11.4 Å². The lowest BCUT2D eigenvalue weighted by atomic mass is 10.1. The van der Waals surface area contributed by atoms with E-state index in [1.165, 1.54) is 6.26 Å². The molecule has 0 saturated carbocycles. The van der Waals surface area contributed by atoms with E-state index in [4.69, 9.17) is 0 Å². The molecule has 0 radical (unpaired) electrons. The molecule has 0 unspecified atom stereocenters. The molecule has 0 aliphatic carbocycles. The maximum absolute atomic E-state index is 11.7. The molecule has 2 heterocycles. The van der Waals surface area contributed by atoms with E-state index < -0.39 is 9.84 Å². The molecule has 2 aromatic heterocycles. The smallest absolute Gasteiger partial charge is 0.227 e. The molecular formula is C21H30N6O2S. The minimum absolute atomic E-state index is 0.00213. The van der Waals surface area contributed by atoms with Crippen molar-refractivity contribution in [2.75, 3.05) is 24.7 Å². The first-order chi connectivity index (χ1) is 14.1. The fourth-order valence-electron chi connectivity index (χ4n) is 3.31. The van der Waals surface area contributed by atoms with Crippen LogP contribution in [0.3, 0.4) is 0 Å². The zero-order chi connectivity index (χ0) is 21.9. The van der Waals surface area contributed by atoms with Gasteiger partial charge in [0.15, 0.2) is 15.7 Å². The largest absolute Gasteiger partial charge is 0.344 e. The Balaban J connectivity index is 2.02. The molecule has 0 N–H and O–H groups in total. The average Bonchev–Trinajstić information content (AvgIpc) is 3.25. The van der Waals surface area contributed by atoms with Gasteiger partial charge in [-0.3, -0.25) is 9.25 Å². The summed E-state index contributed by atoms with van der Waals surface area (Å²) in [6, 6.07) is 9.47. The average molecular weight is 431 g/mol. The van der Waals surface area contributed by atoms with Crippen molar-refractivity contribution >= 4 is 15.8 Å². The van der Waals surface area contributed by atoms with Gasteiger partial charge in [-0.1, -0.05) is 32.0 Å². The summed E-state index contributed by atoms with van der Waals surface area (Å²) in [7, 11) is 0.815. The first-order valence-corrected chi connectivity index (χ1v) is 12.1. The second kappa shape index (κ2) is 8.99. The number of anilines is 1. The molecule has 9 heteroatoms. The fourth-order valence-corrected chi connectivity index (χ4v) is 4.09. The Morgan fingerprint density at radius 2 is 1.93 bits per heavy atom. The minimum Gasteiger partial charge on any atom is -0.344 e. The van der Waals surface area contributed by atoms with Gasteiger partial charge >= 0.3 is 0 Å². The normalized spacial score (nSPS) is 11.9. The van der Waals surface area contributed by atoms with Crippen molar-refractivity contribution in [2.45, 2.75) is 32.6 Å². The van der Waals surface area contributed by atoms with Crippen LogP contribution in [0.1, 0.15) is 31.5 Å². The van der Waals surface area contributed by atoms with Gasteiger partial charge in [-0.05, 0) is 30.0 Å². The van der Waals surface area contributed by atoms with Gasteiger partial charge in [0.1, 0.15) is 0 Å². The molecule has 162 valence electrons.